The number of hydrogen-bond donors (Lipinski definition) is 1. The average molecular weight is 636 g/mol. The lowest BCUT2D eigenvalue weighted by Crippen LogP contribution is -2.27. The zero-order valence-corrected chi connectivity index (χ0v) is 25.5. The van der Waals surface area contributed by atoms with Gasteiger partial charge in [0, 0.05) is 23.9 Å². The van der Waals surface area contributed by atoms with Gasteiger partial charge in [-0.15, -0.1) is 0 Å². The summed E-state index contributed by atoms with van der Waals surface area (Å²) >= 11 is 0. The Labute approximate surface area is 269 Å². The van der Waals surface area contributed by atoms with Gasteiger partial charge < -0.3 is 14.4 Å². The smallest absolute Gasteiger partial charge is 0.416 e. The number of aliphatic carboxylic acids is 1. The molecule has 6 nitrogen and oxygen atoms in total. The van der Waals surface area contributed by atoms with Crippen molar-refractivity contribution in [1.29, 1.82) is 0 Å². The minimum Gasteiger partial charge on any atom is -0.487 e. The predicted molar refractivity (Wildman–Crippen MR) is 174 cm³/mol. The van der Waals surface area contributed by atoms with Crippen molar-refractivity contribution in [3.05, 3.63) is 126 Å². The molecule has 0 unspecified atom stereocenters. The second-order valence-corrected chi connectivity index (χ2v) is 12.1. The number of hydrogen-bond acceptors (Lipinski definition) is 4. The molecule has 6 aromatic rings. The van der Waals surface area contributed by atoms with Gasteiger partial charge in [0.2, 0.25) is 0 Å². The first-order valence-corrected chi connectivity index (χ1v) is 15.7. The Kier molecular flexibility index (Phi) is 8.14. The lowest BCUT2D eigenvalue weighted by molar-refractivity contribution is -0.143. The number of carbonyl (C=O) groups is 1. The highest BCUT2D eigenvalue weighted by atomic mass is 19.4. The van der Waals surface area contributed by atoms with Crippen molar-refractivity contribution in [2.75, 3.05) is 0 Å². The first-order valence-electron chi connectivity index (χ1n) is 15.7. The van der Waals surface area contributed by atoms with E-state index in [0.29, 0.717) is 30.9 Å². The molecule has 47 heavy (non-hydrogen) atoms. The van der Waals surface area contributed by atoms with Crippen molar-refractivity contribution in [1.82, 2.24) is 14.5 Å². The Hall–Kier alpha value is -5.18. The molecule has 1 N–H and O–H groups in total. The van der Waals surface area contributed by atoms with Gasteiger partial charge in [-0.05, 0) is 65.9 Å². The fourth-order valence-corrected chi connectivity index (χ4v) is 6.59. The summed E-state index contributed by atoms with van der Waals surface area (Å²) < 4.78 is 47.3. The van der Waals surface area contributed by atoms with Crippen molar-refractivity contribution < 1.29 is 27.8 Å². The van der Waals surface area contributed by atoms with Gasteiger partial charge >= 0.3 is 12.1 Å². The minimum absolute atomic E-state index is 0.230. The third-order valence-corrected chi connectivity index (χ3v) is 9.05. The van der Waals surface area contributed by atoms with Crippen LogP contribution in [0.25, 0.3) is 33.1 Å². The van der Waals surface area contributed by atoms with Gasteiger partial charge in [-0.1, -0.05) is 73.5 Å². The van der Waals surface area contributed by atoms with Crippen molar-refractivity contribution in [2.45, 2.75) is 50.9 Å². The van der Waals surface area contributed by atoms with Crippen LogP contribution in [0.2, 0.25) is 0 Å². The maximum atomic E-state index is 13.0. The van der Waals surface area contributed by atoms with Crippen molar-refractivity contribution in [2.24, 2.45) is 5.92 Å². The van der Waals surface area contributed by atoms with E-state index in [9.17, 15) is 23.1 Å². The summed E-state index contributed by atoms with van der Waals surface area (Å²) in [5, 5.41) is 11.2. The number of alkyl halides is 3. The first kappa shape index (κ1) is 30.5. The summed E-state index contributed by atoms with van der Waals surface area (Å²) in [6.07, 6.45) is -1.22. The van der Waals surface area contributed by atoms with E-state index in [-0.39, 0.29) is 5.92 Å². The highest BCUT2D eigenvalue weighted by molar-refractivity contribution is 5.79. The molecular formula is C38H32F3N3O3. The predicted octanol–water partition coefficient (Wildman–Crippen LogP) is 9.26. The topological polar surface area (TPSA) is 77.2 Å². The van der Waals surface area contributed by atoms with E-state index in [2.05, 4.69) is 4.57 Å². The first-order chi connectivity index (χ1) is 22.7. The Morgan fingerprint density at radius 2 is 1.55 bits per heavy atom. The van der Waals surface area contributed by atoms with Crippen LogP contribution in [0.5, 0.6) is 5.75 Å². The number of aromatic nitrogens is 3. The Morgan fingerprint density at radius 1 is 0.830 bits per heavy atom. The van der Waals surface area contributed by atoms with Crippen LogP contribution in [0, 0.1) is 5.92 Å². The van der Waals surface area contributed by atoms with E-state index >= 15 is 0 Å². The number of benzene rings is 4. The molecule has 2 atom stereocenters. The molecule has 1 fully saturated rings. The second-order valence-electron chi connectivity index (χ2n) is 12.1. The highest BCUT2D eigenvalue weighted by Gasteiger charge is 2.35. The number of carboxylic acid groups (broad SMARTS) is 1. The van der Waals surface area contributed by atoms with Gasteiger partial charge in [-0.3, -0.25) is 4.79 Å². The van der Waals surface area contributed by atoms with Crippen LogP contribution in [0.4, 0.5) is 13.2 Å². The summed E-state index contributed by atoms with van der Waals surface area (Å²) in [7, 11) is 0. The molecule has 4 aromatic carbocycles. The number of halogens is 3. The standard InChI is InChI=1S/C38H32F3N3O3/c39-38(40,41)28-16-13-26(14-17-28)25-11-9-24(10-12-25)22-44-35-20-19-30(47-23-29-18-15-27-5-1-4-8-33(27)42-29)21-34(35)43-36(44)31-6-2-3-7-32(31)37(45)46/h1,4-5,8-21,31-32H,2-3,6-7,22-23H2,(H,45,46)/t31-,32+/m0/s1. The number of para-hydroxylation sites is 1. The molecule has 0 radical (unpaired) electrons. The normalized spacial score (nSPS) is 16.8. The number of fused-ring (bicyclic) bond motifs is 2. The number of rotatable bonds is 8. The fourth-order valence-electron chi connectivity index (χ4n) is 6.59. The summed E-state index contributed by atoms with van der Waals surface area (Å²) in [4.78, 5) is 22.0. The van der Waals surface area contributed by atoms with E-state index in [1.807, 2.05) is 78.9 Å². The van der Waals surface area contributed by atoms with Crippen LogP contribution in [-0.4, -0.2) is 25.6 Å². The van der Waals surface area contributed by atoms with Crippen LogP contribution in [0.15, 0.2) is 103 Å². The summed E-state index contributed by atoms with van der Waals surface area (Å²) in [6, 6.07) is 30.5. The number of ether oxygens (including phenoxy) is 1. The van der Waals surface area contributed by atoms with E-state index in [0.717, 1.165) is 76.0 Å². The highest BCUT2D eigenvalue weighted by Crippen LogP contribution is 2.40. The molecule has 0 spiro atoms. The summed E-state index contributed by atoms with van der Waals surface area (Å²) in [6.45, 7) is 0.752. The molecule has 1 aliphatic rings. The lowest BCUT2D eigenvalue weighted by Gasteiger charge is -2.28. The quantitative estimate of drug-likeness (QED) is 0.180. The molecule has 0 bridgehead atoms. The molecule has 2 aromatic heterocycles. The maximum Gasteiger partial charge on any atom is 0.416 e. The monoisotopic (exact) mass is 635 g/mol. The zero-order chi connectivity index (χ0) is 32.5. The molecular weight excluding hydrogens is 603 g/mol. The molecule has 238 valence electrons. The van der Waals surface area contributed by atoms with E-state index in [1.54, 1.807) is 0 Å². The van der Waals surface area contributed by atoms with Crippen molar-refractivity contribution in [3.63, 3.8) is 0 Å². The molecule has 9 heteroatoms. The fraction of sp³-hybridized carbons (Fsp3) is 0.237. The van der Waals surface area contributed by atoms with Gasteiger partial charge in [0.25, 0.3) is 0 Å². The largest absolute Gasteiger partial charge is 0.487 e. The molecule has 2 heterocycles. The van der Waals surface area contributed by atoms with Crippen LogP contribution in [0.1, 0.15) is 54.2 Å². The van der Waals surface area contributed by atoms with Crippen LogP contribution in [-0.2, 0) is 24.1 Å². The second kappa shape index (κ2) is 12.5. The Bertz CT molecular complexity index is 2050. The molecule has 0 aliphatic heterocycles. The molecule has 1 saturated carbocycles. The van der Waals surface area contributed by atoms with Gasteiger partial charge in [0.05, 0.1) is 33.7 Å². The van der Waals surface area contributed by atoms with Crippen molar-refractivity contribution >= 4 is 27.9 Å². The average Bonchev–Trinajstić information content (AvgIpc) is 3.44. The van der Waals surface area contributed by atoms with E-state index in [4.69, 9.17) is 14.7 Å². The number of nitrogens with zero attached hydrogens (tertiary/aromatic N) is 3. The van der Waals surface area contributed by atoms with Gasteiger partial charge in [-0.2, -0.15) is 13.2 Å². The molecule has 0 saturated heterocycles. The van der Waals surface area contributed by atoms with E-state index in [1.165, 1.54) is 12.1 Å². The number of pyridine rings is 1. The number of imidazole rings is 1. The van der Waals surface area contributed by atoms with Gasteiger partial charge in [-0.25, -0.2) is 9.97 Å². The minimum atomic E-state index is -4.38. The third-order valence-electron chi connectivity index (χ3n) is 9.05. The molecule has 1 aliphatic carbocycles. The Morgan fingerprint density at radius 3 is 2.30 bits per heavy atom. The Balaban J connectivity index is 1.18. The van der Waals surface area contributed by atoms with Crippen molar-refractivity contribution in [3.8, 4) is 16.9 Å². The SMILES string of the molecule is O=C(O)[C@@H]1CCCC[C@@H]1c1nc2cc(OCc3ccc4ccccc4n3)ccc2n1Cc1ccc(-c2ccc(C(F)(F)F)cc2)cc1. The number of carboxylic acids is 1. The maximum absolute atomic E-state index is 13.0. The van der Waals surface area contributed by atoms with E-state index < -0.39 is 23.6 Å². The lowest BCUT2D eigenvalue weighted by atomic mass is 9.78. The summed E-state index contributed by atoms with van der Waals surface area (Å²) in [5.41, 5.74) is 5.08. The van der Waals surface area contributed by atoms with Gasteiger partial charge in [0.15, 0.2) is 0 Å². The summed E-state index contributed by atoms with van der Waals surface area (Å²) in [5.74, 6) is -0.168. The molecule has 7 rings (SSSR count). The van der Waals surface area contributed by atoms with Crippen LogP contribution >= 0.6 is 0 Å². The zero-order valence-electron chi connectivity index (χ0n) is 25.5. The van der Waals surface area contributed by atoms with Crippen LogP contribution in [0.3, 0.4) is 0 Å². The molecule has 0 amide bonds. The van der Waals surface area contributed by atoms with Crippen LogP contribution < -0.4 is 4.74 Å². The third kappa shape index (κ3) is 6.43. The van der Waals surface area contributed by atoms with Gasteiger partial charge in [0.1, 0.15) is 18.2 Å².